The predicted octanol–water partition coefficient (Wildman–Crippen LogP) is 4.42. The first-order valence-corrected chi connectivity index (χ1v) is 6.88. The van der Waals surface area contributed by atoms with Crippen LogP contribution >= 0.6 is 11.6 Å². The second-order valence-electron chi connectivity index (χ2n) is 5.78. The van der Waals surface area contributed by atoms with Crippen LogP contribution in [-0.2, 0) is 5.41 Å². The van der Waals surface area contributed by atoms with Gasteiger partial charge in [-0.1, -0.05) is 38.4 Å². The van der Waals surface area contributed by atoms with E-state index in [2.05, 4.69) is 10.3 Å². The third kappa shape index (κ3) is 4.02. The molecule has 1 N–H and O–H groups in total. The van der Waals surface area contributed by atoms with Gasteiger partial charge in [0.1, 0.15) is 11.0 Å². The highest BCUT2D eigenvalue weighted by atomic mass is 35.5. The van der Waals surface area contributed by atoms with Crippen molar-refractivity contribution in [3.05, 3.63) is 58.6 Å². The standard InChI is InChI=1S/C16H16ClFN2O/c1-16(2,3)13-7-10(8-14(17)20-13)15(21)19-12-6-4-5-11(18)9-12/h4-9H,1-3H3,(H,19,21). The summed E-state index contributed by atoms with van der Waals surface area (Å²) in [6, 6.07) is 8.91. The summed E-state index contributed by atoms with van der Waals surface area (Å²) in [6.07, 6.45) is 0. The summed E-state index contributed by atoms with van der Waals surface area (Å²) in [5.74, 6) is -0.758. The summed E-state index contributed by atoms with van der Waals surface area (Å²) < 4.78 is 13.1. The average molecular weight is 307 g/mol. The number of hydrogen-bond acceptors (Lipinski definition) is 2. The minimum atomic E-state index is -0.407. The molecule has 0 spiro atoms. The third-order valence-electron chi connectivity index (χ3n) is 2.91. The maximum Gasteiger partial charge on any atom is 0.255 e. The quantitative estimate of drug-likeness (QED) is 0.834. The van der Waals surface area contributed by atoms with Crippen molar-refractivity contribution in [1.29, 1.82) is 0 Å². The Hall–Kier alpha value is -1.94. The van der Waals surface area contributed by atoms with Crippen LogP contribution in [0.4, 0.5) is 10.1 Å². The number of benzene rings is 1. The van der Waals surface area contributed by atoms with Crippen LogP contribution in [0.15, 0.2) is 36.4 Å². The fraction of sp³-hybridized carbons (Fsp3) is 0.250. The molecule has 1 heterocycles. The van der Waals surface area contributed by atoms with Gasteiger partial charge in [0.05, 0.1) is 0 Å². The predicted molar refractivity (Wildman–Crippen MR) is 82.3 cm³/mol. The second-order valence-corrected chi connectivity index (χ2v) is 6.17. The summed E-state index contributed by atoms with van der Waals surface area (Å²) in [5.41, 5.74) is 1.28. The zero-order valence-electron chi connectivity index (χ0n) is 12.1. The summed E-state index contributed by atoms with van der Waals surface area (Å²) in [4.78, 5) is 16.5. The van der Waals surface area contributed by atoms with E-state index >= 15 is 0 Å². The Kier molecular flexibility index (Phi) is 4.28. The number of anilines is 1. The van der Waals surface area contributed by atoms with Crippen LogP contribution in [0.2, 0.25) is 5.15 Å². The van der Waals surface area contributed by atoms with Crippen molar-refractivity contribution in [2.45, 2.75) is 26.2 Å². The fourth-order valence-electron chi connectivity index (χ4n) is 1.78. The van der Waals surface area contributed by atoms with E-state index in [1.165, 1.54) is 24.3 Å². The molecule has 0 aliphatic rings. The van der Waals surface area contributed by atoms with E-state index in [1.54, 1.807) is 12.1 Å². The molecule has 0 fully saturated rings. The van der Waals surface area contributed by atoms with Gasteiger partial charge < -0.3 is 5.32 Å². The SMILES string of the molecule is CC(C)(C)c1cc(C(=O)Nc2cccc(F)c2)cc(Cl)n1. The molecule has 0 saturated heterocycles. The van der Waals surface area contributed by atoms with E-state index in [1.807, 2.05) is 20.8 Å². The zero-order valence-corrected chi connectivity index (χ0v) is 12.8. The van der Waals surface area contributed by atoms with Crippen LogP contribution in [0.5, 0.6) is 0 Å². The first kappa shape index (κ1) is 15.4. The fourth-order valence-corrected chi connectivity index (χ4v) is 1.99. The largest absolute Gasteiger partial charge is 0.322 e. The normalized spacial score (nSPS) is 11.3. The van der Waals surface area contributed by atoms with E-state index in [9.17, 15) is 9.18 Å². The van der Waals surface area contributed by atoms with Gasteiger partial charge in [0, 0.05) is 22.4 Å². The number of aromatic nitrogens is 1. The Balaban J connectivity index is 2.29. The average Bonchev–Trinajstić information content (AvgIpc) is 2.37. The van der Waals surface area contributed by atoms with E-state index < -0.39 is 5.82 Å². The Morgan fingerprint density at radius 3 is 2.57 bits per heavy atom. The highest BCUT2D eigenvalue weighted by Gasteiger charge is 2.19. The van der Waals surface area contributed by atoms with Gasteiger partial charge >= 0.3 is 0 Å². The lowest BCUT2D eigenvalue weighted by Gasteiger charge is -2.18. The molecule has 1 aromatic heterocycles. The molecule has 0 aliphatic heterocycles. The molecule has 21 heavy (non-hydrogen) atoms. The van der Waals surface area contributed by atoms with Gasteiger partial charge in [-0.3, -0.25) is 4.79 Å². The van der Waals surface area contributed by atoms with Crippen molar-refractivity contribution in [3.8, 4) is 0 Å². The molecule has 2 aromatic rings. The molecular weight excluding hydrogens is 291 g/mol. The lowest BCUT2D eigenvalue weighted by molar-refractivity contribution is 0.102. The molecule has 5 heteroatoms. The number of carbonyl (C=O) groups is 1. The number of nitrogens with one attached hydrogen (secondary N) is 1. The molecule has 3 nitrogen and oxygen atoms in total. The smallest absolute Gasteiger partial charge is 0.255 e. The van der Waals surface area contributed by atoms with Crippen molar-refractivity contribution in [3.63, 3.8) is 0 Å². The van der Waals surface area contributed by atoms with Crippen molar-refractivity contribution >= 4 is 23.2 Å². The van der Waals surface area contributed by atoms with Crippen LogP contribution < -0.4 is 5.32 Å². The molecule has 2 rings (SSSR count). The van der Waals surface area contributed by atoms with Crippen molar-refractivity contribution in [1.82, 2.24) is 4.98 Å². The van der Waals surface area contributed by atoms with Gasteiger partial charge in [-0.2, -0.15) is 0 Å². The lowest BCUT2D eigenvalue weighted by atomic mass is 9.91. The van der Waals surface area contributed by atoms with Crippen LogP contribution in [0.3, 0.4) is 0 Å². The molecule has 1 amide bonds. The first-order valence-electron chi connectivity index (χ1n) is 6.51. The van der Waals surface area contributed by atoms with Gasteiger partial charge in [-0.25, -0.2) is 9.37 Å². The number of rotatable bonds is 2. The molecule has 0 atom stereocenters. The number of carbonyl (C=O) groups excluding carboxylic acids is 1. The second kappa shape index (κ2) is 5.82. The summed E-state index contributed by atoms with van der Waals surface area (Å²) in [5, 5.41) is 2.90. The molecule has 0 saturated carbocycles. The highest BCUT2D eigenvalue weighted by molar-refractivity contribution is 6.29. The molecular formula is C16H16ClFN2O. The lowest BCUT2D eigenvalue weighted by Crippen LogP contribution is -2.17. The highest BCUT2D eigenvalue weighted by Crippen LogP contribution is 2.24. The Labute approximate surface area is 128 Å². The van der Waals surface area contributed by atoms with Crippen LogP contribution in [0.25, 0.3) is 0 Å². The van der Waals surface area contributed by atoms with Gasteiger partial charge in [-0.15, -0.1) is 0 Å². The van der Waals surface area contributed by atoms with Crippen LogP contribution in [-0.4, -0.2) is 10.9 Å². The maximum atomic E-state index is 13.1. The van der Waals surface area contributed by atoms with Gasteiger partial charge in [0.25, 0.3) is 5.91 Å². The molecule has 0 radical (unpaired) electrons. The van der Waals surface area contributed by atoms with Gasteiger partial charge in [0.2, 0.25) is 0 Å². The van der Waals surface area contributed by atoms with Gasteiger partial charge in [-0.05, 0) is 30.3 Å². The van der Waals surface area contributed by atoms with E-state index in [0.29, 0.717) is 11.3 Å². The Bertz CT molecular complexity index is 680. The minimum absolute atomic E-state index is 0.223. The number of pyridine rings is 1. The third-order valence-corrected chi connectivity index (χ3v) is 3.10. The van der Waals surface area contributed by atoms with Crippen LogP contribution in [0.1, 0.15) is 36.8 Å². The number of amides is 1. The van der Waals surface area contributed by atoms with E-state index in [4.69, 9.17) is 11.6 Å². The summed E-state index contributed by atoms with van der Waals surface area (Å²) in [7, 11) is 0. The molecule has 110 valence electrons. The Morgan fingerprint density at radius 1 is 1.24 bits per heavy atom. The molecule has 0 bridgehead atoms. The Morgan fingerprint density at radius 2 is 1.95 bits per heavy atom. The number of halogens is 2. The monoisotopic (exact) mass is 306 g/mol. The number of nitrogens with zero attached hydrogens (tertiary/aromatic N) is 1. The molecule has 1 aromatic carbocycles. The van der Waals surface area contributed by atoms with Crippen molar-refractivity contribution in [2.24, 2.45) is 0 Å². The topological polar surface area (TPSA) is 42.0 Å². The van der Waals surface area contributed by atoms with E-state index in [0.717, 1.165) is 5.69 Å². The minimum Gasteiger partial charge on any atom is -0.322 e. The summed E-state index contributed by atoms with van der Waals surface area (Å²) in [6.45, 7) is 5.96. The first-order chi connectivity index (χ1) is 9.75. The molecule has 0 aliphatic carbocycles. The van der Waals surface area contributed by atoms with Crippen molar-refractivity contribution < 1.29 is 9.18 Å². The summed E-state index contributed by atoms with van der Waals surface area (Å²) >= 11 is 5.98. The van der Waals surface area contributed by atoms with Crippen molar-refractivity contribution in [2.75, 3.05) is 5.32 Å². The van der Waals surface area contributed by atoms with Gasteiger partial charge in [0.15, 0.2) is 0 Å². The van der Waals surface area contributed by atoms with E-state index in [-0.39, 0.29) is 16.5 Å². The molecule has 0 unspecified atom stereocenters. The maximum absolute atomic E-state index is 13.1. The van der Waals surface area contributed by atoms with Crippen LogP contribution in [0, 0.1) is 5.82 Å². The zero-order chi connectivity index (χ0) is 15.6. The number of hydrogen-bond donors (Lipinski definition) is 1.